The van der Waals surface area contributed by atoms with Crippen LogP contribution < -0.4 is 10.6 Å². The summed E-state index contributed by atoms with van der Waals surface area (Å²) in [5.41, 5.74) is 3.22. The van der Waals surface area contributed by atoms with Gasteiger partial charge in [0.2, 0.25) is 11.8 Å². The summed E-state index contributed by atoms with van der Waals surface area (Å²) in [5.74, 6) is -0.558. The molecule has 1 saturated carbocycles. The molecule has 6 nitrogen and oxygen atoms in total. The van der Waals surface area contributed by atoms with Crippen LogP contribution in [0.1, 0.15) is 44.6 Å². The molecule has 0 radical (unpaired) electrons. The highest BCUT2D eigenvalue weighted by molar-refractivity contribution is 8.00. The van der Waals surface area contributed by atoms with Crippen molar-refractivity contribution >= 4 is 29.3 Å². The number of nitrogens with one attached hydrogen (secondary N) is 2. The van der Waals surface area contributed by atoms with Crippen molar-refractivity contribution in [3.05, 3.63) is 66.1 Å². The number of thioether (sulfide) groups is 1. The number of carbonyl (C=O) groups is 2. The van der Waals surface area contributed by atoms with E-state index in [2.05, 4.69) is 15.6 Å². The van der Waals surface area contributed by atoms with E-state index >= 15 is 0 Å². The van der Waals surface area contributed by atoms with Crippen molar-refractivity contribution in [3.8, 4) is 11.3 Å². The number of hydrogen-bond donors (Lipinski definition) is 2. The molecule has 0 saturated heterocycles. The Morgan fingerprint density at radius 2 is 1.83 bits per heavy atom. The highest BCUT2D eigenvalue weighted by Gasteiger charge is 2.23. The molecule has 1 aromatic heterocycles. The molecule has 2 N–H and O–H groups in total. The highest BCUT2D eigenvalue weighted by atomic mass is 32.2. The van der Waals surface area contributed by atoms with Crippen molar-refractivity contribution in [2.75, 3.05) is 5.32 Å². The molecule has 8 heteroatoms. The first-order valence-corrected chi connectivity index (χ1v) is 12.9. The Morgan fingerprint density at radius 1 is 1.11 bits per heavy atom. The molecule has 35 heavy (non-hydrogen) atoms. The molecule has 0 aliphatic heterocycles. The maximum Gasteiger partial charge on any atom is 0.240 e. The van der Waals surface area contributed by atoms with E-state index in [4.69, 9.17) is 0 Å². The number of hydrogen-bond acceptors (Lipinski definition) is 4. The van der Waals surface area contributed by atoms with Gasteiger partial charge in [-0.3, -0.25) is 9.59 Å². The van der Waals surface area contributed by atoms with Crippen LogP contribution in [0, 0.1) is 12.7 Å². The zero-order valence-corrected chi connectivity index (χ0v) is 20.9. The lowest BCUT2D eigenvalue weighted by molar-refractivity contribution is -0.122. The molecule has 4 rings (SSSR count). The predicted octanol–water partition coefficient (Wildman–Crippen LogP) is 5.57. The molecule has 1 aliphatic carbocycles. The van der Waals surface area contributed by atoms with Crippen LogP contribution in [0.2, 0.25) is 0 Å². The zero-order chi connectivity index (χ0) is 24.8. The summed E-state index contributed by atoms with van der Waals surface area (Å²) < 4.78 is 15.3. The van der Waals surface area contributed by atoms with Gasteiger partial charge in [-0.2, -0.15) is 0 Å². The van der Waals surface area contributed by atoms with Gasteiger partial charge in [0, 0.05) is 11.7 Å². The normalized spacial score (nSPS) is 14.9. The second-order valence-corrected chi connectivity index (χ2v) is 10.3. The van der Waals surface area contributed by atoms with E-state index in [0.29, 0.717) is 10.9 Å². The van der Waals surface area contributed by atoms with Gasteiger partial charge in [0.05, 0.1) is 17.1 Å². The van der Waals surface area contributed by atoms with Crippen molar-refractivity contribution in [1.82, 2.24) is 14.9 Å². The number of aryl methyl sites for hydroxylation is 1. The molecule has 1 aliphatic rings. The second-order valence-electron chi connectivity index (χ2n) is 8.99. The van der Waals surface area contributed by atoms with Crippen LogP contribution in [-0.2, 0) is 16.1 Å². The minimum absolute atomic E-state index is 0.0810. The Morgan fingerprint density at radius 3 is 2.54 bits per heavy atom. The number of para-hydroxylation sites is 1. The third kappa shape index (κ3) is 6.51. The minimum Gasteiger partial charge on any atom is -0.352 e. The maximum atomic E-state index is 13.5. The summed E-state index contributed by atoms with van der Waals surface area (Å²) in [6, 6.07) is 13.9. The number of amides is 2. The number of anilines is 1. The van der Waals surface area contributed by atoms with Gasteiger partial charge in [-0.1, -0.05) is 49.2 Å². The fraction of sp³-hybridized carbons (Fsp3) is 0.370. The molecule has 3 aromatic rings. The number of rotatable bonds is 8. The van der Waals surface area contributed by atoms with Gasteiger partial charge < -0.3 is 15.2 Å². The van der Waals surface area contributed by atoms with E-state index in [1.54, 1.807) is 18.3 Å². The number of aromatic nitrogens is 2. The smallest absolute Gasteiger partial charge is 0.240 e. The van der Waals surface area contributed by atoms with Gasteiger partial charge in [-0.05, 0) is 68.1 Å². The molecule has 0 unspecified atom stereocenters. The van der Waals surface area contributed by atoms with Crippen LogP contribution in [0.15, 0.2) is 59.9 Å². The molecular formula is C27H31FN4O2S. The first kappa shape index (κ1) is 25.0. The van der Waals surface area contributed by atoms with Crippen LogP contribution in [-0.4, -0.2) is 32.7 Å². The number of nitrogens with zero attached hydrogens (tertiary/aromatic N) is 2. The number of carbonyl (C=O) groups excluding carboxylic acids is 2. The first-order chi connectivity index (χ1) is 16.9. The molecule has 1 atom stereocenters. The highest BCUT2D eigenvalue weighted by Crippen LogP contribution is 2.30. The molecule has 0 spiro atoms. The first-order valence-electron chi connectivity index (χ1n) is 12.0. The van der Waals surface area contributed by atoms with Crippen LogP contribution in [0.3, 0.4) is 0 Å². The van der Waals surface area contributed by atoms with Crippen LogP contribution in [0.4, 0.5) is 10.1 Å². The fourth-order valence-electron chi connectivity index (χ4n) is 4.28. The topological polar surface area (TPSA) is 76.0 Å². The third-order valence-corrected chi connectivity index (χ3v) is 7.39. The third-order valence-electron chi connectivity index (χ3n) is 6.29. The van der Waals surface area contributed by atoms with Crippen molar-refractivity contribution in [3.63, 3.8) is 0 Å². The molecule has 184 valence electrons. The largest absolute Gasteiger partial charge is 0.352 e. The standard InChI is InChI=1S/C27H31FN4O2S/c1-18-8-6-7-11-23(18)31-26(34)19(2)35-27-29-16-24(20-12-14-21(28)15-13-20)32(27)17-25(33)30-22-9-4-3-5-10-22/h6-8,11-16,19,22H,3-5,9-10,17H2,1-2H3,(H,30,33)(H,31,34)/t19-/m0/s1. The lowest BCUT2D eigenvalue weighted by Crippen LogP contribution is -2.38. The molecule has 2 aromatic carbocycles. The monoisotopic (exact) mass is 494 g/mol. The van der Waals surface area contributed by atoms with Gasteiger partial charge in [-0.25, -0.2) is 9.37 Å². The van der Waals surface area contributed by atoms with E-state index < -0.39 is 5.25 Å². The second kappa shape index (κ2) is 11.5. The van der Waals surface area contributed by atoms with Gasteiger partial charge in [-0.15, -0.1) is 0 Å². The Balaban J connectivity index is 1.53. The Labute approximate surface area is 209 Å². The van der Waals surface area contributed by atoms with Gasteiger partial charge in [0.15, 0.2) is 5.16 Å². The summed E-state index contributed by atoms with van der Waals surface area (Å²) in [6.45, 7) is 3.84. The fourth-order valence-corrected chi connectivity index (χ4v) is 5.17. The molecule has 1 heterocycles. The average molecular weight is 495 g/mol. The quantitative estimate of drug-likeness (QED) is 0.402. The predicted molar refractivity (Wildman–Crippen MR) is 138 cm³/mol. The number of imidazole rings is 1. The maximum absolute atomic E-state index is 13.5. The lowest BCUT2D eigenvalue weighted by Gasteiger charge is -2.23. The van der Waals surface area contributed by atoms with Crippen molar-refractivity contribution in [2.24, 2.45) is 0 Å². The minimum atomic E-state index is -0.446. The summed E-state index contributed by atoms with van der Waals surface area (Å²) >= 11 is 1.30. The lowest BCUT2D eigenvalue weighted by atomic mass is 9.95. The van der Waals surface area contributed by atoms with Crippen LogP contribution in [0.5, 0.6) is 0 Å². The van der Waals surface area contributed by atoms with Crippen LogP contribution >= 0.6 is 11.8 Å². The van der Waals surface area contributed by atoms with E-state index in [0.717, 1.165) is 42.5 Å². The van der Waals surface area contributed by atoms with Gasteiger partial charge in [0.25, 0.3) is 0 Å². The zero-order valence-electron chi connectivity index (χ0n) is 20.1. The van der Waals surface area contributed by atoms with Crippen LogP contribution in [0.25, 0.3) is 11.3 Å². The van der Waals surface area contributed by atoms with E-state index in [1.165, 1.54) is 30.3 Å². The van der Waals surface area contributed by atoms with E-state index in [9.17, 15) is 14.0 Å². The average Bonchev–Trinajstić information content (AvgIpc) is 3.23. The Kier molecular flexibility index (Phi) is 8.23. The molecule has 1 fully saturated rings. The SMILES string of the molecule is Cc1ccccc1NC(=O)[C@H](C)Sc1ncc(-c2ccc(F)cc2)n1CC(=O)NC1CCCCC1. The Hall–Kier alpha value is -3.13. The molecule has 0 bridgehead atoms. The summed E-state index contributed by atoms with van der Waals surface area (Å²) in [7, 11) is 0. The van der Waals surface area contributed by atoms with Crippen molar-refractivity contribution < 1.29 is 14.0 Å². The van der Waals surface area contributed by atoms with Crippen molar-refractivity contribution in [1.29, 1.82) is 0 Å². The van der Waals surface area contributed by atoms with E-state index in [-0.39, 0.29) is 30.2 Å². The number of halogens is 1. The van der Waals surface area contributed by atoms with Gasteiger partial charge in [0.1, 0.15) is 12.4 Å². The summed E-state index contributed by atoms with van der Waals surface area (Å²) in [4.78, 5) is 30.4. The number of benzene rings is 2. The summed E-state index contributed by atoms with van der Waals surface area (Å²) in [5, 5.41) is 6.24. The Bertz CT molecular complexity index is 1170. The summed E-state index contributed by atoms with van der Waals surface area (Å²) in [6.07, 6.45) is 7.15. The van der Waals surface area contributed by atoms with Gasteiger partial charge >= 0.3 is 0 Å². The molecule has 2 amide bonds. The van der Waals surface area contributed by atoms with E-state index in [1.807, 2.05) is 42.7 Å². The van der Waals surface area contributed by atoms with Crippen molar-refractivity contribution in [2.45, 2.75) is 68.9 Å². The molecular weight excluding hydrogens is 463 g/mol.